The molecule has 0 bridgehead atoms. The van der Waals surface area contributed by atoms with Crippen LogP contribution in [0.25, 0.3) is 10.9 Å². The Bertz CT molecular complexity index is 613. The van der Waals surface area contributed by atoms with Crippen LogP contribution < -0.4 is 10.2 Å². The molecular weight excluding hydrogens is 258 g/mol. The average molecular weight is 283 g/mol. The maximum atomic E-state index is 4.50. The molecular formula is C18H25N3. The highest BCUT2D eigenvalue weighted by Crippen LogP contribution is 2.32. The molecule has 0 aliphatic carbocycles. The fourth-order valence-electron chi connectivity index (χ4n) is 3.40. The van der Waals surface area contributed by atoms with Gasteiger partial charge in [0, 0.05) is 41.9 Å². The molecule has 3 heteroatoms. The summed E-state index contributed by atoms with van der Waals surface area (Å²) < 4.78 is 0. The van der Waals surface area contributed by atoms with Crippen molar-refractivity contribution < 1.29 is 0 Å². The maximum absolute atomic E-state index is 4.50. The Labute approximate surface area is 127 Å². The second-order valence-corrected chi connectivity index (χ2v) is 6.19. The number of benzene rings is 1. The van der Waals surface area contributed by atoms with Crippen LogP contribution in [-0.4, -0.2) is 29.7 Å². The first-order chi connectivity index (χ1) is 10.2. The van der Waals surface area contributed by atoms with Crippen molar-refractivity contribution in [2.75, 3.05) is 18.0 Å². The predicted octanol–water partition coefficient (Wildman–Crippen LogP) is 3.59. The third kappa shape index (κ3) is 2.51. The largest absolute Gasteiger partial charge is 0.365 e. The van der Waals surface area contributed by atoms with Gasteiger partial charge in [-0.3, -0.25) is 4.98 Å². The zero-order valence-electron chi connectivity index (χ0n) is 13.3. The van der Waals surface area contributed by atoms with Crippen LogP contribution in [0.1, 0.15) is 33.6 Å². The minimum absolute atomic E-state index is 0.233. The van der Waals surface area contributed by atoms with Crippen LogP contribution in [0.4, 0.5) is 5.69 Å². The quantitative estimate of drug-likeness (QED) is 0.933. The van der Waals surface area contributed by atoms with E-state index in [0.717, 1.165) is 31.4 Å². The molecule has 3 nitrogen and oxygen atoms in total. The summed E-state index contributed by atoms with van der Waals surface area (Å²) in [7, 11) is 0. The molecule has 21 heavy (non-hydrogen) atoms. The Hall–Kier alpha value is -1.61. The number of piperazine rings is 1. The van der Waals surface area contributed by atoms with Gasteiger partial charge in [0.15, 0.2) is 0 Å². The molecule has 1 aliphatic heterocycles. The van der Waals surface area contributed by atoms with Gasteiger partial charge in [-0.1, -0.05) is 19.9 Å². The van der Waals surface area contributed by atoms with E-state index in [-0.39, 0.29) is 5.54 Å². The van der Waals surface area contributed by atoms with Crippen LogP contribution in [0.2, 0.25) is 0 Å². The fraction of sp³-hybridized carbons (Fsp3) is 0.500. The fourth-order valence-corrected chi connectivity index (χ4v) is 3.40. The zero-order valence-corrected chi connectivity index (χ0v) is 13.3. The standard InChI is InChI=1S/C18H25N3/c1-4-18(5-2)13-21(14(3)12-20-18)17-10-6-9-16-15(17)8-7-11-19-16/h6-11,14,20H,4-5,12-13H2,1-3H3. The molecule has 1 atom stereocenters. The van der Waals surface area contributed by atoms with Gasteiger partial charge < -0.3 is 10.2 Å². The first-order valence-corrected chi connectivity index (χ1v) is 8.04. The first kappa shape index (κ1) is 14.3. The highest BCUT2D eigenvalue weighted by molar-refractivity contribution is 5.91. The Kier molecular flexibility index (Phi) is 3.85. The normalized spacial score (nSPS) is 21.7. The third-order valence-corrected chi connectivity index (χ3v) is 5.06. The van der Waals surface area contributed by atoms with E-state index in [1.807, 2.05) is 12.3 Å². The van der Waals surface area contributed by atoms with Crippen molar-refractivity contribution in [3.8, 4) is 0 Å². The SMILES string of the molecule is CCC1(CC)CN(c2cccc3ncccc23)C(C)CN1. The lowest BCUT2D eigenvalue weighted by atomic mass is 9.88. The molecule has 2 aromatic rings. The number of pyridine rings is 1. The summed E-state index contributed by atoms with van der Waals surface area (Å²) in [5, 5.41) is 5.03. The van der Waals surface area contributed by atoms with Gasteiger partial charge in [-0.2, -0.15) is 0 Å². The summed E-state index contributed by atoms with van der Waals surface area (Å²) in [5.74, 6) is 0. The van der Waals surface area contributed by atoms with Crippen molar-refractivity contribution in [2.45, 2.75) is 45.2 Å². The molecule has 0 amide bonds. The summed E-state index contributed by atoms with van der Waals surface area (Å²) in [6.45, 7) is 8.98. The van der Waals surface area contributed by atoms with Gasteiger partial charge in [0.25, 0.3) is 0 Å². The molecule has 3 rings (SSSR count). The van der Waals surface area contributed by atoms with Gasteiger partial charge in [0.1, 0.15) is 0 Å². The number of nitrogens with one attached hydrogen (secondary N) is 1. The molecule has 1 saturated heterocycles. The van der Waals surface area contributed by atoms with Crippen LogP contribution in [-0.2, 0) is 0 Å². The van der Waals surface area contributed by atoms with Gasteiger partial charge in [-0.15, -0.1) is 0 Å². The van der Waals surface area contributed by atoms with E-state index in [4.69, 9.17) is 0 Å². The van der Waals surface area contributed by atoms with Crippen molar-refractivity contribution in [3.63, 3.8) is 0 Å². The lowest BCUT2D eigenvalue weighted by Crippen LogP contribution is -2.63. The minimum Gasteiger partial charge on any atom is -0.365 e. The number of nitrogens with zero attached hydrogens (tertiary/aromatic N) is 2. The Morgan fingerprint density at radius 1 is 1.24 bits per heavy atom. The van der Waals surface area contributed by atoms with Gasteiger partial charge in [0.2, 0.25) is 0 Å². The zero-order chi connectivity index (χ0) is 14.9. The summed E-state index contributed by atoms with van der Waals surface area (Å²) in [6, 6.07) is 11.2. The van der Waals surface area contributed by atoms with Crippen LogP contribution in [0.15, 0.2) is 36.5 Å². The van der Waals surface area contributed by atoms with Gasteiger partial charge in [0.05, 0.1) is 5.52 Å². The lowest BCUT2D eigenvalue weighted by Gasteiger charge is -2.48. The summed E-state index contributed by atoms with van der Waals surface area (Å²) in [4.78, 5) is 7.06. The number of fused-ring (bicyclic) bond motifs is 1. The van der Waals surface area contributed by atoms with Crippen LogP contribution >= 0.6 is 0 Å². The third-order valence-electron chi connectivity index (χ3n) is 5.06. The minimum atomic E-state index is 0.233. The molecule has 1 aliphatic rings. The molecule has 0 saturated carbocycles. The monoisotopic (exact) mass is 283 g/mol. The number of hydrogen-bond acceptors (Lipinski definition) is 3. The van der Waals surface area contributed by atoms with Crippen LogP contribution in [0, 0.1) is 0 Å². The Balaban J connectivity index is 2.04. The van der Waals surface area contributed by atoms with Crippen molar-refractivity contribution in [3.05, 3.63) is 36.5 Å². The van der Waals surface area contributed by atoms with Crippen molar-refractivity contribution >= 4 is 16.6 Å². The molecule has 0 radical (unpaired) electrons. The Morgan fingerprint density at radius 3 is 2.81 bits per heavy atom. The summed E-state index contributed by atoms with van der Waals surface area (Å²) in [6.07, 6.45) is 4.20. The smallest absolute Gasteiger partial charge is 0.0722 e. The molecule has 1 aromatic heterocycles. The summed E-state index contributed by atoms with van der Waals surface area (Å²) >= 11 is 0. The Morgan fingerprint density at radius 2 is 2.05 bits per heavy atom. The second-order valence-electron chi connectivity index (χ2n) is 6.19. The van der Waals surface area contributed by atoms with E-state index in [1.54, 1.807) is 0 Å². The van der Waals surface area contributed by atoms with E-state index in [2.05, 4.69) is 60.2 Å². The molecule has 1 N–H and O–H groups in total. The van der Waals surface area contributed by atoms with Crippen LogP contribution in [0.3, 0.4) is 0 Å². The second kappa shape index (κ2) is 5.64. The van der Waals surface area contributed by atoms with Gasteiger partial charge in [-0.05, 0) is 44.0 Å². The average Bonchev–Trinajstić information content (AvgIpc) is 2.55. The van der Waals surface area contributed by atoms with Crippen molar-refractivity contribution in [2.24, 2.45) is 0 Å². The molecule has 2 heterocycles. The predicted molar refractivity (Wildman–Crippen MR) is 89.9 cm³/mol. The number of rotatable bonds is 3. The number of aromatic nitrogens is 1. The van der Waals surface area contributed by atoms with E-state index in [0.29, 0.717) is 6.04 Å². The molecule has 0 spiro atoms. The van der Waals surface area contributed by atoms with Crippen molar-refractivity contribution in [1.82, 2.24) is 10.3 Å². The maximum Gasteiger partial charge on any atom is 0.0722 e. The van der Waals surface area contributed by atoms with Crippen molar-refractivity contribution in [1.29, 1.82) is 0 Å². The molecule has 1 fully saturated rings. The number of anilines is 1. The topological polar surface area (TPSA) is 28.2 Å². The van der Waals surface area contributed by atoms with E-state index in [9.17, 15) is 0 Å². The highest BCUT2D eigenvalue weighted by Gasteiger charge is 2.35. The first-order valence-electron chi connectivity index (χ1n) is 8.04. The van der Waals surface area contributed by atoms with Crippen LogP contribution in [0.5, 0.6) is 0 Å². The van der Waals surface area contributed by atoms with Gasteiger partial charge >= 0.3 is 0 Å². The molecule has 112 valence electrons. The van der Waals surface area contributed by atoms with Gasteiger partial charge in [-0.25, -0.2) is 0 Å². The summed E-state index contributed by atoms with van der Waals surface area (Å²) in [5.41, 5.74) is 2.64. The van der Waals surface area contributed by atoms with E-state index in [1.165, 1.54) is 11.1 Å². The van der Waals surface area contributed by atoms with E-state index < -0.39 is 0 Å². The highest BCUT2D eigenvalue weighted by atomic mass is 15.3. The molecule has 1 unspecified atom stereocenters. The molecule has 1 aromatic carbocycles. The number of hydrogen-bond donors (Lipinski definition) is 1. The lowest BCUT2D eigenvalue weighted by molar-refractivity contribution is 0.254. The van der Waals surface area contributed by atoms with E-state index >= 15 is 0 Å².